The van der Waals surface area contributed by atoms with E-state index in [1.54, 1.807) is 0 Å². The van der Waals surface area contributed by atoms with Gasteiger partial charge in [-0.05, 0) is 4.85 Å². The van der Waals surface area contributed by atoms with Crippen LogP contribution in [0, 0.1) is 11.0 Å². The van der Waals surface area contributed by atoms with Crippen molar-refractivity contribution >= 4 is 0 Å². The molecule has 7 heteroatoms. The van der Waals surface area contributed by atoms with E-state index in [4.69, 9.17) is 0 Å². The lowest BCUT2D eigenvalue weighted by Gasteiger charge is -2.04. The predicted molar refractivity (Wildman–Crippen MR) is 28.2 cm³/mol. The first-order valence-corrected chi connectivity index (χ1v) is 2.74. The third-order valence-corrected chi connectivity index (χ3v) is 1.08. The molecule has 1 aromatic rings. The van der Waals surface area contributed by atoms with Gasteiger partial charge < -0.3 is 5.21 Å². The zero-order valence-electron chi connectivity index (χ0n) is 5.47. The fourth-order valence-electron chi connectivity index (χ4n) is 0.631. The van der Waals surface area contributed by atoms with Crippen LogP contribution >= 0.6 is 0 Å². The Balaban J connectivity index is 3.31. The molecule has 0 fully saturated rings. The van der Waals surface area contributed by atoms with Crippen molar-refractivity contribution in [1.29, 1.82) is 0 Å². The highest BCUT2D eigenvalue weighted by atomic mass is 19.4. The third-order valence-electron chi connectivity index (χ3n) is 1.08. The SMILES string of the molecule is [O-][n+]1nccc(F)c1C(F)(F)F. The van der Waals surface area contributed by atoms with Gasteiger partial charge in [-0.2, -0.15) is 17.6 Å². The van der Waals surface area contributed by atoms with Crippen LogP contribution in [0.4, 0.5) is 17.6 Å². The molecule has 0 amide bonds. The minimum absolute atomic E-state index is 0.469. The molecule has 0 unspecified atom stereocenters. The van der Waals surface area contributed by atoms with Gasteiger partial charge in [-0.1, -0.05) is 0 Å². The Kier molecular flexibility index (Phi) is 1.87. The molecule has 0 aromatic carbocycles. The quantitative estimate of drug-likeness (QED) is 0.339. The van der Waals surface area contributed by atoms with Gasteiger partial charge in [-0.15, -0.1) is 0 Å². The van der Waals surface area contributed by atoms with E-state index in [9.17, 15) is 22.8 Å². The first-order chi connectivity index (χ1) is 5.43. The maximum absolute atomic E-state index is 12.4. The number of alkyl halides is 3. The van der Waals surface area contributed by atoms with Crippen molar-refractivity contribution in [2.75, 3.05) is 0 Å². The molecule has 0 N–H and O–H groups in total. The van der Waals surface area contributed by atoms with E-state index < -0.39 is 22.5 Å². The summed E-state index contributed by atoms with van der Waals surface area (Å²) < 4.78 is 47.8. The summed E-state index contributed by atoms with van der Waals surface area (Å²) in [5, 5.41) is 13.0. The molecule has 66 valence electrons. The van der Waals surface area contributed by atoms with E-state index in [1.165, 1.54) is 0 Å². The zero-order chi connectivity index (χ0) is 9.35. The van der Waals surface area contributed by atoms with Crippen molar-refractivity contribution in [3.63, 3.8) is 0 Å². The molecule has 0 aliphatic heterocycles. The minimum atomic E-state index is -5.01. The fourth-order valence-corrected chi connectivity index (χ4v) is 0.631. The molecule has 1 rings (SSSR count). The van der Waals surface area contributed by atoms with Crippen LogP contribution in [0.5, 0.6) is 0 Å². The molecule has 0 atom stereocenters. The molecule has 12 heavy (non-hydrogen) atoms. The van der Waals surface area contributed by atoms with Gasteiger partial charge in [0.15, 0.2) is 0 Å². The lowest BCUT2D eigenvalue weighted by Crippen LogP contribution is -2.41. The van der Waals surface area contributed by atoms with Crippen LogP contribution in [-0.2, 0) is 6.18 Å². The molecule has 0 saturated heterocycles. The van der Waals surface area contributed by atoms with E-state index in [2.05, 4.69) is 5.10 Å². The van der Waals surface area contributed by atoms with Gasteiger partial charge in [-0.25, -0.2) is 0 Å². The van der Waals surface area contributed by atoms with Crippen LogP contribution in [0.25, 0.3) is 0 Å². The number of rotatable bonds is 0. The highest BCUT2D eigenvalue weighted by Crippen LogP contribution is 2.27. The average Bonchev–Trinajstić information content (AvgIpc) is 1.82. The van der Waals surface area contributed by atoms with Crippen molar-refractivity contribution in [3.8, 4) is 0 Å². The second-order valence-corrected chi connectivity index (χ2v) is 1.90. The van der Waals surface area contributed by atoms with Crippen molar-refractivity contribution in [2.45, 2.75) is 6.18 Å². The van der Waals surface area contributed by atoms with Crippen molar-refractivity contribution in [1.82, 2.24) is 5.10 Å². The Labute approximate surface area is 63.8 Å². The van der Waals surface area contributed by atoms with Crippen LogP contribution in [0.2, 0.25) is 0 Å². The number of hydrogen-bond acceptors (Lipinski definition) is 2. The number of aromatic nitrogens is 2. The van der Waals surface area contributed by atoms with Gasteiger partial charge in [-0.3, -0.25) is 0 Å². The lowest BCUT2D eigenvalue weighted by molar-refractivity contribution is -0.690. The third kappa shape index (κ3) is 1.44. The molecule has 0 radical (unpaired) electrons. The number of hydrogen-bond donors (Lipinski definition) is 0. The maximum atomic E-state index is 12.4. The van der Waals surface area contributed by atoms with E-state index in [1.807, 2.05) is 0 Å². The molecular formula is C5H2F4N2O. The first-order valence-electron chi connectivity index (χ1n) is 2.74. The smallest absolute Gasteiger partial charge is 0.484 e. The van der Waals surface area contributed by atoms with Crippen molar-refractivity contribution in [2.24, 2.45) is 0 Å². The van der Waals surface area contributed by atoms with Gasteiger partial charge in [0.25, 0.3) is 0 Å². The Bertz CT molecular complexity index is 278. The summed E-state index contributed by atoms with van der Waals surface area (Å²) in [6.45, 7) is 0. The topological polar surface area (TPSA) is 39.8 Å². The van der Waals surface area contributed by atoms with Crippen LogP contribution in [0.1, 0.15) is 5.69 Å². The molecule has 1 aromatic heterocycles. The summed E-state index contributed by atoms with van der Waals surface area (Å²) in [7, 11) is 0. The largest absolute Gasteiger partial charge is 0.594 e. The summed E-state index contributed by atoms with van der Waals surface area (Å²) in [4.78, 5) is -0.796. The van der Waals surface area contributed by atoms with Gasteiger partial charge in [0.2, 0.25) is 5.82 Å². The van der Waals surface area contributed by atoms with Gasteiger partial charge in [0.05, 0.1) is 6.20 Å². The summed E-state index contributed by atoms with van der Waals surface area (Å²) in [6.07, 6.45) is -4.36. The van der Waals surface area contributed by atoms with Crippen molar-refractivity contribution in [3.05, 3.63) is 29.0 Å². The Hall–Kier alpha value is -1.40. The van der Waals surface area contributed by atoms with Crippen LogP contribution in [0.15, 0.2) is 12.3 Å². The second kappa shape index (κ2) is 2.58. The number of halogens is 4. The second-order valence-electron chi connectivity index (χ2n) is 1.90. The Morgan fingerprint density at radius 2 is 2.00 bits per heavy atom. The monoisotopic (exact) mass is 182 g/mol. The van der Waals surface area contributed by atoms with Gasteiger partial charge in [0.1, 0.15) is 0 Å². The highest BCUT2D eigenvalue weighted by Gasteiger charge is 2.44. The Morgan fingerprint density at radius 3 is 2.33 bits per heavy atom. The summed E-state index contributed by atoms with van der Waals surface area (Å²) in [5.74, 6) is -1.63. The van der Waals surface area contributed by atoms with Gasteiger partial charge >= 0.3 is 11.9 Å². The molecule has 3 nitrogen and oxygen atoms in total. The summed E-state index contributed by atoms with van der Waals surface area (Å²) in [5.41, 5.74) is -1.93. The Morgan fingerprint density at radius 1 is 1.42 bits per heavy atom. The molecule has 0 spiro atoms. The molecular weight excluding hydrogens is 180 g/mol. The lowest BCUT2D eigenvalue weighted by atomic mass is 10.3. The first kappa shape index (κ1) is 8.69. The van der Waals surface area contributed by atoms with Crippen molar-refractivity contribution < 1.29 is 22.4 Å². The minimum Gasteiger partial charge on any atom is -0.594 e. The summed E-state index contributed by atoms with van der Waals surface area (Å²) in [6, 6.07) is 0.469. The molecule has 0 bridgehead atoms. The molecule has 0 aliphatic rings. The van der Waals surface area contributed by atoms with Crippen LogP contribution in [0.3, 0.4) is 0 Å². The average molecular weight is 182 g/mol. The van der Waals surface area contributed by atoms with E-state index in [-0.39, 0.29) is 0 Å². The molecule has 0 aliphatic carbocycles. The van der Waals surface area contributed by atoms with Crippen LogP contribution in [-0.4, -0.2) is 5.10 Å². The fraction of sp³-hybridized carbons (Fsp3) is 0.200. The normalized spacial score (nSPS) is 11.7. The highest BCUT2D eigenvalue weighted by molar-refractivity contribution is 5.02. The summed E-state index contributed by atoms with van der Waals surface area (Å²) >= 11 is 0. The van der Waals surface area contributed by atoms with Crippen LogP contribution < -0.4 is 4.85 Å². The maximum Gasteiger partial charge on any atom is 0.484 e. The number of nitrogens with zero attached hydrogens (tertiary/aromatic N) is 2. The predicted octanol–water partition coefficient (Wildman–Crippen LogP) is 0.873. The molecule has 0 saturated carbocycles. The molecule has 1 heterocycles. The van der Waals surface area contributed by atoms with E-state index in [0.717, 1.165) is 0 Å². The van der Waals surface area contributed by atoms with E-state index in [0.29, 0.717) is 12.3 Å². The zero-order valence-corrected chi connectivity index (χ0v) is 5.47. The van der Waals surface area contributed by atoms with E-state index >= 15 is 0 Å². The standard InChI is InChI=1S/C5H2F4N2O/c6-3-1-2-10-11(12)4(3)5(7,8)9/h1-2H. The van der Waals surface area contributed by atoms with Gasteiger partial charge in [0, 0.05) is 11.2 Å².